The fourth-order valence-electron chi connectivity index (χ4n) is 3.81. The molecule has 3 aromatic rings. The van der Waals surface area contributed by atoms with E-state index >= 15 is 0 Å². The number of aromatic nitrogens is 3. The van der Waals surface area contributed by atoms with Crippen molar-refractivity contribution in [3.05, 3.63) is 71.7 Å². The minimum Gasteiger partial charge on any atom is -0.465 e. The van der Waals surface area contributed by atoms with Crippen LogP contribution in [0, 0.1) is 5.92 Å². The molecule has 0 spiro atoms. The van der Waals surface area contributed by atoms with Crippen LogP contribution in [0.4, 0.5) is 10.1 Å². The third-order valence-corrected chi connectivity index (χ3v) is 5.52. The van der Waals surface area contributed by atoms with E-state index in [2.05, 4.69) is 15.4 Å². The van der Waals surface area contributed by atoms with Crippen LogP contribution in [0.1, 0.15) is 40.4 Å². The Labute approximate surface area is 180 Å². The summed E-state index contributed by atoms with van der Waals surface area (Å²) in [5.41, 5.74) is 2.99. The van der Waals surface area contributed by atoms with E-state index in [0.717, 1.165) is 37.3 Å². The summed E-state index contributed by atoms with van der Waals surface area (Å²) in [6, 6.07) is 11.3. The fourth-order valence-corrected chi connectivity index (χ4v) is 3.81. The van der Waals surface area contributed by atoms with Crippen LogP contribution in [0.25, 0.3) is 5.82 Å². The number of anilines is 1. The summed E-state index contributed by atoms with van der Waals surface area (Å²) >= 11 is 0. The van der Waals surface area contributed by atoms with Gasteiger partial charge in [-0.3, -0.25) is 0 Å². The van der Waals surface area contributed by atoms with Gasteiger partial charge in [-0.1, -0.05) is 12.1 Å². The molecule has 7 nitrogen and oxygen atoms in total. The van der Waals surface area contributed by atoms with Crippen LogP contribution in [0.3, 0.4) is 0 Å². The van der Waals surface area contributed by atoms with Crippen LogP contribution in [-0.4, -0.2) is 41.1 Å². The van der Waals surface area contributed by atoms with Crippen molar-refractivity contribution in [3.8, 4) is 5.82 Å². The highest BCUT2D eigenvalue weighted by atomic mass is 19.1. The van der Waals surface area contributed by atoms with E-state index in [1.165, 1.54) is 13.3 Å². The van der Waals surface area contributed by atoms with Gasteiger partial charge in [0, 0.05) is 25.0 Å². The molecule has 1 aliphatic heterocycles. The molecule has 1 N–H and O–H groups in total. The van der Waals surface area contributed by atoms with Crippen molar-refractivity contribution in [1.29, 1.82) is 0 Å². The van der Waals surface area contributed by atoms with Crippen molar-refractivity contribution in [2.75, 3.05) is 25.6 Å². The van der Waals surface area contributed by atoms with Crippen molar-refractivity contribution in [2.45, 2.75) is 25.6 Å². The number of alkyl halides is 1. The van der Waals surface area contributed by atoms with E-state index < -0.39 is 6.67 Å². The van der Waals surface area contributed by atoms with Crippen molar-refractivity contribution in [3.63, 3.8) is 0 Å². The number of ether oxygens (including phenoxy) is 2. The average molecular weight is 424 g/mol. The Bertz CT molecular complexity index is 998. The van der Waals surface area contributed by atoms with Gasteiger partial charge in [0.05, 0.1) is 36.8 Å². The first kappa shape index (κ1) is 21.0. The van der Waals surface area contributed by atoms with Gasteiger partial charge < -0.3 is 14.8 Å². The van der Waals surface area contributed by atoms with E-state index in [-0.39, 0.29) is 12.0 Å². The lowest BCUT2D eigenvalue weighted by atomic mass is 9.86. The standard InChI is InChI=1S/C23H25FN4O3/c1-30-23(29)19-4-2-17(3-5-19)22(18-8-10-31-11-9-18)27-20-6-7-21(25-14-20)28-15-16(12-24)13-26-28/h2-7,13-15,18,22,27H,8-12H2,1H3. The second-order valence-electron chi connectivity index (χ2n) is 7.52. The van der Waals surface area contributed by atoms with Crippen molar-refractivity contribution >= 4 is 11.7 Å². The number of methoxy groups -OCH3 is 1. The molecule has 1 saturated heterocycles. The number of carbonyl (C=O) groups is 1. The highest BCUT2D eigenvalue weighted by Crippen LogP contribution is 2.33. The summed E-state index contributed by atoms with van der Waals surface area (Å²) in [5.74, 6) is 0.655. The topological polar surface area (TPSA) is 78.3 Å². The molecule has 4 rings (SSSR count). The summed E-state index contributed by atoms with van der Waals surface area (Å²) in [4.78, 5) is 16.2. The summed E-state index contributed by atoms with van der Waals surface area (Å²) in [6.45, 7) is 0.911. The molecular weight excluding hydrogens is 399 g/mol. The molecule has 0 aliphatic carbocycles. The Kier molecular flexibility index (Phi) is 6.57. The molecule has 1 aliphatic rings. The smallest absolute Gasteiger partial charge is 0.337 e. The maximum absolute atomic E-state index is 12.8. The lowest BCUT2D eigenvalue weighted by molar-refractivity contribution is 0.0600. The number of hydrogen-bond acceptors (Lipinski definition) is 6. The van der Waals surface area contributed by atoms with Crippen LogP contribution < -0.4 is 5.32 Å². The first-order valence-corrected chi connectivity index (χ1v) is 10.3. The molecule has 1 unspecified atom stereocenters. The molecule has 2 aromatic heterocycles. The van der Waals surface area contributed by atoms with E-state index in [1.54, 1.807) is 29.2 Å². The molecule has 1 aromatic carbocycles. The zero-order chi connectivity index (χ0) is 21.6. The lowest BCUT2D eigenvalue weighted by Gasteiger charge is -2.32. The van der Waals surface area contributed by atoms with Crippen LogP contribution in [0.5, 0.6) is 0 Å². The molecule has 1 fully saturated rings. The second kappa shape index (κ2) is 9.70. The fraction of sp³-hybridized carbons (Fsp3) is 0.348. The zero-order valence-corrected chi connectivity index (χ0v) is 17.3. The SMILES string of the molecule is COC(=O)c1ccc(C(Nc2ccc(-n3cc(CF)cn3)nc2)C2CCOCC2)cc1. The molecule has 8 heteroatoms. The molecule has 0 saturated carbocycles. The van der Waals surface area contributed by atoms with Gasteiger partial charge in [0.25, 0.3) is 0 Å². The van der Waals surface area contributed by atoms with E-state index in [9.17, 15) is 9.18 Å². The highest BCUT2D eigenvalue weighted by Gasteiger charge is 2.26. The molecule has 1 atom stereocenters. The largest absolute Gasteiger partial charge is 0.465 e. The number of pyridine rings is 1. The van der Waals surface area contributed by atoms with Crippen LogP contribution in [-0.2, 0) is 16.1 Å². The Balaban J connectivity index is 1.55. The van der Waals surface area contributed by atoms with Crippen LogP contribution in [0.15, 0.2) is 55.0 Å². The first-order chi connectivity index (χ1) is 15.2. The summed E-state index contributed by atoms with van der Waals surface area (Å²) in [5, 5.41) is 7.74. The van der Waals surface area contributed by atoms with Gasteiger partial charge in [0.1, 0.15) is 6.67 Å². The Morgan fingerprint density at radius 1 is 1.23 bits per heavy atom. The van der Waals surface area contributed by atoms with E-state index in [0.29, 0.717) is 22.9 Å². The van der Waals surface area contributed by atoms with Gasteiger partial charge >= 0.3 is 5.97 Å². The van der Waals surface area contributed by atoms with E-state index in [4.69, 9.17) is 9.47 Å². The number of nitrogens with zero attached hydrogens (tertiary/aromatic N) is 3. The summed E-state index contributed by atoms with van der Waals surface area (Å²) < 4.78 is 24.7. The molecule has 31 heavy (non-hydrogen) atoms. The molecule has 0 amide bonds. The number of esters is 1. The predicted octanol–water partition coefficient (Wildman–Crippen LogP) is 4.10. The summed E-state index contributed by atoms with van der Waals surface area (Å²) in [7, 11) is 1.38. The molecular formula is C23H25FN4O3. The number of halogens is 1. The molecule has 3 heterocycles. The van der Waals surface area contributed by atoms with Gasteiger partial charge in [-0.2, -0.15) is 5.10 Å². The maximum Gasteiger partial charge on any atom is 0.337 e. The van der Waals surface area contributed by atoms with Crippen LogP contribution in [0.2, 0.25) is 0 Å². The third-order valence-electron chi connectivity index (χ3n) is 5.52. The van der Waals surface area contributed by atoms with Gasteiger partial charge in [-0.05, 0) is 48.6 Å². The maximum atomic E-state index is 12.8. The monoisotopic (exact) mass is 424 g/mol. The predicted molar refractivity (Wildman–Crippen MR) is 114 cm³/mol. The van der Waals surface area contributed by atoms with E-state index in [1.807, 2.05) is 24.3 Å². The molecule has 0 radical (unpaired) electrons. The van der Waals surface area contributed by atoms with Crippen molar-refractivity contribution < 1.29 is 18.7 Å². The minimum absolute atomic E-state index is 0.0473. The lowest BCUT2D eigenvalue weighted by Crippen LogP contribution is -2.27. The quantitative estimate of drug-likeness (QED) is 0.576. The first-order valence-electron chi connectivity index (χ1n) is 10.3. The van der Waals surface area contributed by atoms with Crippen molar-refractivity contribution in [1.82, 2.24) is 14.8 Å². The number of nitrogens with one attached hydrogen (secondary N) is 1. The Hall–Kier alpha value is -3.26. The Morgan fingerprint density at radius 3 is 2.61 bits per heavy atom. The third kappa shape index (κ3) is 4.91. The number of carbonyl (C=O) groups excluding carboxylic acids is 1. The zero-order valence-electron chi connectivity index (χ0n) is 17.3. The highest BCUT2D eigenvalue weighted by molar-refractivity contribution is 5.89. The summed E-state index contributed by atoms with van der Waals surface area (Å²) in [6.07, 6.45) is 6.76. The van der Waals surface area contributed by atoms with Gasteiger partial charge in [-0.25, -0.2) is 18.9 Å². The number of rotatable bonds is 7. The van der Waals surface area contributed by atoms with Crippen molar-refractivity contribution in [2.24, 2.45) is 5.92 Å². The van der Waals surface area contributed by atoms with Gasteiger partial charge in [0.2, 0.25) is 0 Å². The Morgan fingerprint density at radius 2 is 2.00 bits per heavy atom. The van der Waals surface area contributed by atoms with Gasteiger partial charge in [0.15, 0.2) is 5.82 Å². The number of benzene rings is 1. The normalized spacial score (nSPS) is 15.4. The van der Waals surface area contributed by atoms with Crippen LogP contribution >= 0.6 is 0 Å². The second-order valence-corrected chi connectivity index (χ2v) is 7.52. The average Bonchev–Trinajstić information content (AvgIpc) is 3.32. The number of hydrogen-bond donors (Lipinski definition) is 1. The molecule has 162 valence electrons. The molecule has 0 bridgehead atoms. The minimum atomic E-state index is -0.554. The van der Waals surface area contributed by atoms with Gasteiger partial charge in [-0.15, -0.1) is 0 Å².